The highest BCUT2D eigenvalue weighted by molar-refractivity contribution is 5.68. The Morgan fingerprint density at radius 1 is 0.718 bits per heavy atom. The summed E-state index contributed by atoms with van der Waals surface area (Å²) in [5.41, 5.74) is 0. The number of methoxy groups -OCH3 is 4. The second-order valence-electron chi connectivity index (χ2n) is 8.88. The molecule has 39 heavy (non-hydrogen) atoms. The van der Waals surface area contributed by atoms with Gasteiger partial charge in [0.2, 0.25) is 0 Å². The van der Waals surface area contributed by atoms with Crippen LogP contribution < -0.4 is 0 Å². The van der Waals surface area contributed by atoms with E-state index in [-0.39, 0.29) is 32.3 Å². The fourth-order valence-corrected chi connectivity index (χ4v) is 4.61. The summed E-state index contributed by atoms with van der Waals surface area (Å²) in [6.07, 6.45) is -7.85. The van der Waals surface area contributed by atoms with Gasteiger partial charge in [-0.15, -0.1) is 0 Å². The summed E-state index contributed by atoms with van der Waals surface area (Å²) < 4.78 is 57.4. The third-order valence-electron chi connectivity index (χ3n) is 6.39. The Morgan fingerprint density at radius 2 is 1.38 bits per heavy atom. The van der Waals surface area contributed by atoms with Crippen molar-refractivity contribution in [2.75, 3.05) is 68.1 Å². The van der Waals surface area contributed by atoms with E-state index in [0.717, 1.165) is 0 Å². The van der Waals surface area contributed by atoms with Crippen LogP contribution in [0.2, 0.25) is 0 Å². The predicted octanol–water partition coefficient (Wildman–Crippen LogP) is -0.774. The molecule has 3 N–H and O–H groups in total. The van der Waals surface area contributed by atoms with Crippen molar-refractivity contribution in [2.24, 2.45) is 5.92 Å². The highest BCUT2D eigenvalue weighted by Crippen LogP contribution is 2.35. The summed E-state index contributed by atoms with van der Waals surface area (Å²) in [4.78, 5) is 26.3. The lowest BCUT2D eigenvalue weighted by Gasteiger charge is -2.49. The average Bonchev–Trinajstić information content (AvgIpc) is 2.90. The Hall–Kier alpha value is -1.54. The van der Waals surface area contributed by atoms with Crippen molar-refractivity contribution in [3.63, 3.8) is 0 Å². The minimum Gasteiger partial charge on any atom is -0.480 e. The van der Waals surface area contributed by atoms with Crippen molar-refractivity contribution in [1.82, 2.24) is 0 Å². The topological polar surface area (TPSA) is 196 Å². The Kier molecular flexibility index (Phi) is 14.9. The maximum absolute atomic E-state index is 11.2. The van der Waals surface area contributed by atoms with Crippen LogP contribution in [0.25, 0.3) is 0 Å². The third kappa shape index (κ3) is 9.51. The Morgan fingerprint density at radius 3 is 1.95 bits per heavy atom. The zero-order valence-electron chi connectivity index (χ0n) is 22.7. The molecule has 2 fully saturated rings. The summed E-state index contributed by atoms with van der Waals surface area (Å²) in [6.45, 7) is 0.513. The number of carboxylic acids is 2. The third-order valence-corrected chi connectivity index (χ3v) is 6.39. The van der Waals surface area contributed by atoms with E-state index in [2.05, 4.69) is 4.89 Å². The summed E-state index contributed by atoms with van der Waals surface area (Å²) in [5, 5.41) is 26.8. The zero-order chi connectivity index (χ0) is 28.9. The van der Waals surface area contributed by atoms with Gasteiger partial charge < -0.3 is 57.6 Å². The molecule has 0 aromatic heterocycles. The SMILES string of the molecule is COCC1OC(OC)C(OCC(=O)O)C(OC)[C@H]1OC1OC(COCC(=O)O)[C@@H](C)C(OCCOO)C1OC. The van der Waals surface area contributed by atoms with E-state index in [1.807, 2.05) is 6.92 Å². The van der Waals surface area contributed by atoms with Crippen LogP contribution in [0.3, 0.4) is 0 Å². The summed E-state index contributed by atoms with van der Waals surface area (Å²) >= 11 is 0. The maximum atomic E-state index is 11.2. The van der Waals surface area contributed by atoms with E-state index < -0.39 is 80.5 Å². The van der Waals surface area contributed by atoms with Crippen LogP contribution in [0.1, 0.15) is 6.92 Å². The lowest BCUT2D eigenvalue weighted by atomic mass is 9.90. The van der Waals surface area contributed by atoms with Crippen LogP contribution in [0, 0.1) is 5.92 Å². The van der Waals surface area contributed by atoms with Gasteiger partial charge >= 0.3 is 11.9 Å². The molecule has 2 aliphatic heterocycles. The van der Waals surface area contributed by atoms with Gasteiger partial charge in [-0.25, -0.2) is 14.5 Å². The molecule has 0 radical (unpaired) electrons. The zero-order valence-corrected chi connectivity index (χ0v) is 22.7. The van der Waals surface area contributed by atoms with E-state index in [9.17, 15) is 9.59 Å². The average molecular weight is 573 g/mol. The number of hydrogen-bond donors (Lipinski definition) is 3. The fourth-order valence-electron chi connectivity index (χ4n) is 4.61. The minimum atomic E-state index is -1.20. The second-order valence-corrected chi connectivity index (χ2v) is 8.88. The molecule has 0 saturated carbocycles. The van der Waals surface area contributed by atoms with E-state index in [4.69, 9.17) is 62.8 Å². The molecule has 0 spiro atoms. The summed E-state index contributed by atoms with van der Waals surface area (Å²) in [6, 6.07) is 0. The molecule has 0 amide bonds. The number of ether oxygens (including phenoxy) is 10. The van der Waals surface area contributed by atoms with Gasteiger partial charge in [-0.3, -0.25) is 5.26 Å². The molecule has 16 nitrogen and oxygen atoms in total. The molecule has 0 aliphatic carbocycles. The van der Waals surface area contributed by atoms with E-state index in [0.29, 0.717) is 0 Å². The van der Waals surface area contributed by atoms with Crippen LogP contribution in [0.4, 0.5) is 0 Å². The molecule has 228 valence electrons. The Bertz CT molecular complexity index is 724. The lowest BCUT2D eigenvalue weighted by molar-refractivity contribution is -0.363. The predicted molar refractivity (Wildman–Crippen MR) is 126 cm³/mol. The summed E-state index contributed by atoms with van der Waals surface area (Å²) in [5.74, 6) is -2.70. The van der Waals surface area contributed by atoms with Gasteiger partial charge in [-0.2, -0.15) is 0 Å². The second kappa shape index (κ2) is 17.3. The van der Waals surface area contributed by atoms with Crippen molar-refractivity contribution < 1.29 is 77.3 Å². The van der Waals surface area contributed by atoms with E-state index in [1.165, 1.54) is 28.4 Å². The van der Waals surface area contributed by atoms with Gasteiger partial charge in [0.1, 0.15) is 50.3 Å². The molecular formula is C23H40O16. The fraction of sp³-hybridized carbons (Fsp3) is 0.913. The van der Waals surface area contributed by atoms with Gasteiger partial charge in [-0.05, 0) is 0 Å². The summed E-state index contributed by atoms with van der Waals surface area (Å²) in [7, 11) is 5.69. The number of carbonyl (C=O) groups is 2. The van der Waals surface area contributed by atoms with Crippen LogP contribution in [0.5, 0.6) is 0 Å². The van der Waals surface area contributed by atoms with Crippen molar-refractivity contribution in [2.45, 2.75) is 62.2 Å². The number of aliphatic carboxylic acids is 2. The largest absolute Gasteiger partial charge is 0.480 e. The first-order chi connectivity index (χ1) is 18.7. The van der Waals surface area contributed by atoms with Crippen molar-refractivity contribution in [3.8, 4) is 0 Å². The van der Waals surface area contributed by atoms with Crippen LogP contribution >= 0.6 is 0 Å². The molecule has 2 rings (SSSR count). The first kappa shape index (κ1) is 33.7. The quantitative estimate of drug-likeness (QED) is 0.105. The van der Waals surface area contributed by atoms with E-state index >= 15 is 0 Å². The monoisotopic (exact) mass is 572 g/mol. The van der Waals surface area contributed by atoms with Gasteiger partial charge in [0.05, 0.1) is 32.0 Å². The van der Waals surface area contributed by atoms with Gasteiger partial charge in [0, 0.05) is 34.4 Å². The molecular weight excluding hydrogens is 532 g/mol. The number of carboxylic acid groups (broad SMARTS) is 2. The standard InChI is InChI=1S/C23H40O16/c1-12-13(9-33-10-15(24)25)37-23(20(31-4)17(12)34-6-7-36-28)39-18-14(8-29-2)38-22(32-5)21(19(18)30-3)35-11-16(26)27/h12-14,17-23,28H,6-11H2,1-5H3,(H,24,25)(H,26,27)/t12-,13?,14?,17?,18+,19?,20?,21?,22?,23?/m1/s1. The molecule has 0 bridgehead atoms. The van der Waals surface area contributed by atoms with Crippen LogP contribution in [-0.4, -0.2) is 151 Å². The van der Waals surface area contributed by atoms with Gasteiger partial charge in [-0.1, -0.05) is 6.92 Å². The molecule has 8 unspecified atom stereocenters. The van der Waals surface area contributed by atoms with Crippen molar-refractivity contribution >= 4 is 11.9 Å². The highest BCUT2D eigenvalue weighted by Gasteiger charge is 2.52. The van der Waals surface area contributed by atoms with Crippen molar-refractivity contribution in [1.29, 1.82) is 0 Å². The Labute approximate surface area is 226 Å². The molecule has 10 atom stereocenters. The van der Waals surface area contributed by atoms with Crippen LogP contribution in [0.15, 0.2) is 0 Å². The number of rotatable bonds is 18. The first-order valence-electron chi connectivity index (χ1n) is 12.3. The molecule has 2 heterocycles. The number of hydrogen-bond acceptors (Lipinski definition) is 14. The van der Waals surface area contributed by atoms with Gasteiger partial charge in [0.25, 0.3) is 0 Å². The Balaban J connectivity index is 2.35. The maximum Gasteiger partial charge on any atom is 0.329 e. The highest BCUT2D eigenvalue weighted by atomic mass is 17.1. The molecule has 2 saturated heterocycles. The van der Waals surface area contributed by atoms with Crippen LogP contribution in [-0.2, 0) is 61.8 Å². The molecule has 0 aromatic carbocycles. The molecule has 16 heteroatoms. The molecule has 2 aliphatic rings. The van der Waals surface area contributed by atoms with Gasteiger partial charge in [0.15, 0.2) is 12.6 Å². The lowest BCUT2D eigenvalue weighted by Crippen LogP contribution is -2.65. The minimum absolute atomic E-state index is 0.0148. The molecule has 0 aromatic rings. The van der Waals surface area contributed by atoms with E-state index in [1.54, 1.807) is 0 Å². The smallest absolute Gasteiger partial charge is 0.329 e. The van der Waals surface area contributed by atoms with Crippen molar-refractivity contribution in [3.05, 3.63) is 0 Å². The normalized spacial score (nSPS) is 35.1. The first-order valence-corrected chi connectivity index (χ1v) is 12.3.